The maximum absolute atomic E-state index is 13.2. The number of aromatic amines is 1. The van der Waals surface area contributed by atoms with Crippen molar-refractivity contribution in [2.45, 2.75) is 31.7 Å². The molecule has 0 amide bonds. The van der Waals surface area contributed by atoms with Crippen molar-refractivity contribution in [2.75, 3.05) is 0 Å². The number of hydrogen-bond acceptors (Lipinski definition) is 5. The Morgan fingerprint density at radius 1 is 1.06 bits per heavy atom. The summed E-state index contributed by atoms with van der Waals surface area (Å²) in [7, 11) is 0. The average molecular weight is 443 g/mol. The maximum atomic E-state index is 13.2. The Hall–Kier alpha value is -3.53. The summed E-state index contributed by atoms with van der Waals surface area (Å²) >= 11 is 0. The molecule has 2 aromatic carbocycles. The smallest absolute Gasteiger partial charge is 0.347 e. The van der Waals surface area contributed by atoms with E-state index in [2.05, 4.69) is 20.1 Å². The number of rotatable bonds is 4. The van der Waals surface area contributed by atoms with Gasteiger partial charge in [0.25, 0.3) is 0 Å². The molecule has 4 aromatic rings. The molecule has 5 rings (SSSR count). The summed E-state index contributed by atoms with van der Waals surface area (Å²) in [5, 5.41) is 4.03. The predicted molar refractivity (Wildman–Crippen MR) is 105 cm³/mol. The molecule has 32 heavy (non-hydrogen) atoms. The molecule has 1 N–H and O–H groups in total. The van der Waals surface area contributed by atoms with Gasteiger partial charge in [0.15, 0.2) is 0 Å². The van der Waals surface area contributed by atoms with Crippen LogP contribution in [-0.2, 0) is 25.7 Å². The van der Waals surface area contributed by atoms with Crippen LogP contribution in [0.3, 0.4) is 0 Å². The van der Waals surface area contributed by atoms with Crippen molar-refractivity contribution in [1.29, 1.82) is 0 Å². The van der Waals surface area contributed by atoms with Crippen LogP contribution in [0.1, 0.15) is 34.4 Å². The summed E-state index contributed by atoms with van der Waals surface area (Å²) in [5.74, 6) is 0.339. The highest BCUT2D eigenvalue weighted by molar-refractivity contribution is 5.53. The standard InChI is InChI=1S/C22H17F4N5O/c23-16-7-3-14(4-8-16)20-29-21(32-30-20)19-9-17-18(28-12-27-17)11-31(19)10-13-1-5-15(6-2-13)22(24,25)26/h1-8,12,19H,9-11H2,(H,27,28)/t19-/m0/s1. The van der Waals surface area contributed by atoms with Gasteiger partial charge in [-0.2, -0.15) is 18.2 Å². The van der Waals surface area contributed by atoms with Crippen LogP contribution >= 0.6 is 0 Å². The second-order valence-electron chi connectivity index (χ2n) is 7.61. The number of halogens is 4. The molecule has 0 saturated heterocycles. The normalized spacial score (nSPS) is 16.8. The number of imidazole rings is 1. The van der Waals surface area contributed by atoms with Crippen LogP contribution in [0.15, 0.2) is 59.4 Å². The summed E-state index contributed by atoms with van der Waals surface area (Å²) < 4.78 is 57.4. The van der Waals surface area contributed by atoms with Gasteiger partial charge in [-0.3, -0.25) is 4.90 Å². The topological polar surface area (TPSA) is 70.8 Å². The number of nitrogens with zero attached hydrogens (tertiary/aromatic N) is 4. The lowest BCUT2D eigenvalue weighted by Gasteiger charge is -2.32. The molecule has 0 saturated carbocycles. The summed E-state index contributed by atoms with van der Waals surface area (Å²) in [4.78, 5) is 14.0. The first-order valence-electron chi connectivity index (χ1n) is 9.87. The van der Waals surface area contributed by atoms with Crippen molar-refractivity contribution < 1.29 is 22.1 Å². The van der Waals surface area contributed by atoms with E-state index < -0.39 is 11.7 Å². The third kappa shape index (κ3) is 4.01. The van der Waals surface area contributed by atoms with E-state index >= 15 is 0 Å². The highest BCUT2D eigenvalue weighted by Gasteiger charge is 2.34. The molecule has 0 radical (unpaired) electrons. The fraction of sp³-hybridized carbons (Fsp3) is 0.227. The largest absolute Gasteiger partial charge is 0.416 e. The fourth-order valence-corrected chi connectivity index (χ4v) is 3.82. The fourth-order valence-electron chi connectivity index (χ4n) is 3.82. The molecule has 1 aliphatic heterocycles. The molecule has 0 fully saturated rings. The minimum absolute atomic E-state index is 0.310. The monoisotopic (exact) mass is 443 g/mol. The van der Waals surface area contributed by atoms with Crippen molar-refractivity contribution in [3.63, 3.8) is 0 Å². The highest BCUT2D eigenvalue weighted by Crippen LogP contribution is 2.34. The van der Waals surface area contributed by atoms with Crippen molar-refractivity contribution in [3.8, 4) is 11.4 Å². The lowest BCUT2D eigenvalue weighted by molar-refractivity contribution is -0.137. The summed E-state index contributed by atoms with van der Waals surface area (Å²) in [6.07, 6.45) is -2.26. The molecule has 3 heterocycles. The van der Waals surface area contributed by atoms with E-state index in [1.807, 2.05) is 4.90 Å². The van der Waals surface area contributed by atoms with Gasteiger partial charge in [0.05, 0.1) is 29.3 Å². The zero-order valence-corrected chi connectivity index (χ0v) is 16.6. The molecule has 10 heteroatoms. The van der Waals surface area contributed by atoms with Gasteiger partial charge < -0.3 is 9.51 Å². The molecule has 2 aromatic heterocycles. The van der Waals surface area contributed by atoms with E-state index in [9.17, 15) is 17.6 Å². The van der Waals surface area contributed by atoms with Crippen LogP contribution in [0.4, 0.5) is 17.6 Å². The van der Waals surface area contributed by atoms with Crippen LogP contribution in [0, 0.1) is 5.82 Å². The molecule has 0 aliphatic carbocycles. The van der Waals surface area contributed by atoms with Gasteiger partial charge in [-0.05, 0) is 42.0 Å². The van der Waals surface area contributed by atoms with Crippen LogP contribution in [0.25, 0.3) is 11.4 Å². The Kier molecular flexibility index (Phi) is 5.01. The second-order valence-corrected chi connectivity index (χ2v) is 7.61. The van der Waals surface area contributed by atoms with Gasteiger partial charge in [0, 0.05) is 25.1 Å². The van der Waals surface area contributed by atoms with E-state index in [1.54, 1.807) is 18.5 Å². The van der Waals surface area contributed by atoms with Gasteiger partial charge in [-0.15, -0.1) is 0 Å². The SMILES string of the molecule is Fc1ccc(-c2noc([C@@H]3Cc4nc[nH]c4CN3Cc3ccc(C(F)(F)F)cc3)n2)cc1. The van der Waals surface area contributed by atoms with Gasteiger partial charge in [-0.25, -0.2) is 9.37 Å². The Labute approximate surface area is 179 Å². The van der Waals surface area contributed by atoms with Gasteiger partial charge in [0.2, 0.25) is 11.7 Å². The summed E-state index contributed by atoms with van der Waals surface area (Å²) in [5.41, 5.74) is 2.47. The molecule has 0 unspecified atom stereocenters. The number of fused-ring (bicyclic) bond motifs is 1. The summed E-state index contributed by atoms with van der Waals surface area (Å²) in [6, 6.07) is 10.6. The molecule has 164 valence electrons. The second kappa shape index (κ2) is 7.86. The quantitative estimate of drug-likeness (QED) is 0.454. The lowest BCUT2D eigenvalue weighted by atomic mass is 10.0. The predicted octanol–water partition coefficient (Wildman–Crippen LogP) is 4.92. The molecule has 1 atom stereocenters. The molecule has 0 bridgehead atoms. The molecule has 1 aliphatic rings. The van der Waals surface area contributed by atoms with Gasteiger partial charge in [0.1, 0.15) is 5.82 Å². The Morgan fingerprint density at radius 2 is 1.81 bits per heavy atom. The molecule has 6 nitrogen and oxygen atoms in total. The molecular weight excluding hydrogens is 426 g/mol. The number of benzene rings is 2. The van der Waals surface area contributed by atoms with E-state index in [0.29, 0.717) is 36.8 Å². The summed E-state index contributed by atoms with van der Waals surface area (Å²) in [6.45, 7) is 0.880. The van der Waals surface area contributed by atoms with Crippen molar-refractivity contribution >= 4 is 0 Å². The third-order valence-electron chi connectivity index (χ3n) is 5.49. The molecular formula is C22H17F4N5O. The van der Waals surface area contributed by atoms with Crippen molar-refractivity contribution in [2.24, 2.45) is 0 Å². The average Bonchev–Trinajstić information content (AvgIpc) is 3.43. The van der Waals surface area contributed by atoms with Crippen LogP contribution in [0.5, 0.6) is 0 Å². The zero-order chi connectivity index (χ0) is 22.3. The Bertz CT molecular complexity index is 1210. The van der Waals surface area contributed by atoms with E-state index in [1.165, 1.54) is 24.3 Å². The first-order chi connectivity index (χ1) is 15.4. The van der Waals surface area contributed by atoms with Crippen LogP contribution in [0.2, 0.25) is 0 Å². The lowest BCUT2D eigenvalue weighted by Crippen LogP contribution is -2.34. The minimum atomic E-state index is -4.38. The van der Waals surface area contributed by atoms with E-state index in [0.717, 1.165) is 29.1 Å². The van der Waals surface area contributed by atoms with Crippen molar-refractivity contribution in [3.05, 3.63) is 89.1 Å². The Morgan fingerprint density at radius 3 is 2.53 bits per heavy atom. The number of alkyl halides is 3. The van der Waals surface area contributed by atoms with E-state index in [4.69, 9.17) is 4.52 Å². The van der Waals surface area contributed by atoms with Gasteiger partial charge >= 0.3 is 6.18 Å². The first-order valence-corrected chi connectivity index (χ1v) is 9.87. The van der Waals surface area contributed by atoms with Crippen LogP contribution in [-0.4, -0.2) is 25.0 Å². The zero-order valence-electron chi connectivity index (χ0n) is 16.6. The highest BCUT2D eigenvalue weighted by atomic mass is 19.4. The number of nitrogens with one attached hydrogen (secondary N) is 1. The number of H-pyrrole nitrogens is 1. The maximum Gasteiger partial charge on any atom is 0.416 e. The number of aromatic nitrogens is 4. The van der Waals surface area contributed by atoms with Crippen LogP contribution < -0.4 is 0 Å². The van der Waals surface area contributed by atoms with Crippen molar-refractivity contribution in [1.82, 2.24) is 25.0 Å². The Balaban J connectivity index is 1.42. The van der Waals surface area contributed by atoms with Gasteiger partial charge in [-0.1, -0.05) is 17.3 Å². The number of hydrogen-bond donors (Lipinski definition) is 1. The first kappa shape index (κ1) is 20.4. The minimum Gasteiger partial charge on any atom is -0.347 e. The molecule has 0 spiro atoms. The third-order valence-corrected chi connectivity index (χ3v) is 5.49. The van der Waals surface area contributed by atoms with E-state index in [-0.39, 0.29) is 11.9 Å².